The number of sulfonamides is 1. The Kier molecular flexibility index (Phi) is 7.84. The third-order valence-electron chi connectivity index (χ3n) is 6.47. The van der Waals surface area contributed by atoms with Gasteiger partial charge in [-0.2, -0.15) is 4.98 Å². The van der Waals surface area contributed by atoms with Gasteiger partial charge in [-0.15, -0.1) is 0 Å². The zero-order chi connectivity index (χ0) is 27.7. The molecule has 0 atom stereocenters. The van der Waals surface area contributed by atoms with Crippen LogP contribution >= 0.6 is 0 Å². The second-order valence-corrected chi connectivity index (χ2v) is 13.0. The van der Waals surface area contributed by atoms with Crippen molar-refractivity contribution in [3.63, 3.8) is 0 Å². The van der Waals surface area contributed by atoms with Gasteiger partial charge >= 0.3 is 0 Å². The van der Waals surface area contributed by atoms with Crippen molar-refractivity contribution in [3.05, 3.63) is 59.4 Å². The highest BCUT2D eigenvalue weighted by Crippen LogP contribution is 2.30. The summed E-state index contributed by atoms with van der Waals surface area (Å²) in [5, 5.41) is 5.93. The van der Waals surface area contributed by atoms with Crippen LogP contribution in [0.4, 0.5) is 37.7 Å². The Labute approximate surface area is 222 Å². The molecule has 9 nitrogen and oxygen atoms in total. The second kappa shape index (κ2) is 10.8. The Morgan fingerprint density at radius 1 is 0.974 bits per heavy atom. The summed E-state index contributed by atoms with van der Waals surface area (Å²) < 4.78 is 55.6. The van der Waals surface area contributed by atoms with Crippen molar-refractivity contribution in [2.45, 2.75) is 51.2 Å². The van der Waals surface area contributed by atoms with Crippen LogP contribution in [0.3, 0.4) is 0 Å². The molecule has 4 rings (SSSR count). The number of likely N-dealkylation sites (tertiary alicyclic amines) is 1. The highest BCUT2D eigenvalue weighted by molar-refractivity contribution is 7.94. The van der Waals surface area contributed by atoms with E-state index in [1.54, 1.807) is 40.1 Å². The van der Waals surface area contributed by atoms with Crippen molar-refractivity contribution in [1.29, 1.82) is 0 Å². The summed E-state index contributed by atoms with van der Waals surface area (Å²) in [7, 11) is -1.68. The SMILES string of the molecule is Cc1cnc(Nc2cc(F)c(C3CCN(C)CC3)cn2)nc1Nc1cc(F)cc(NS(=O)(=O)C(C)(C)C)c1. The number of benzene rings is 1. The van der Waals surface area contributed by atoms with E-state index in [0.29, 0.717) is 16.9 Å². The van der Waals surface area contributed by atoms with Gasteiger partial charge in [-0.05, 0) is 84.8 Å². The molecule has 1 aliphatic rings. The fourth-order valence-corrected chi connectivity index (χ4v) is 4.77. The first-order valence-electron chi connectivity index (χ1n) is 12.4. The lowest BCUT2D eigenvalue weighted by atomic mass is 9.90. The molecule has 1 aromatic carbocycles. The van der Waals surface area contributed by atoms with E-state index >= 15 is 0 Å². The van der Waals surface area contributed by atoms with Crippen molar-refractivity contribution >= 4 is 39.0 Å². The Morgan fingerprint density at radius 2 is 1.66 bits per heavy atom. The van der Waals surface area contributed by atoms with E-state index < -0.39 is 20.6 Å². The number of aromatic nitrogens is 3. The van der Waals surface area contributed by atoms with Gasteiger partial charge < -0.3 is 15.5 Å². The van der Waals surface area contributed by atoms with E-state index in [1.807, 2.05) is 0 Å². The van der Waals surface area contributed by atoms with Crippen LogP contribution in [0.25, 0.3) is 0 Å². The van der Waals surface area contributed by atoms with Gasteiger partial charge in [-0.3, -0.25) is 4.72 Å². The van der Waals surface area contributed by atoms with E-state index in [2.05, 4.69) is 42.3 Å². The van der Waals surface area contributed by atoms with Crippen LogP contribution in [-0.4, -0.2) is 53.2 Å². The third-order valence-corrected chi connectivity index (χ3v) is 8.59. The largest absolute Gasteiger partial charge is 0.340 e. The van der Waals surface area contributed by atoms with Gasteiger partial charge in [0.2, 0.25) is 16.0 Å². The predicted octanol–water partition coefficient (Wildman–Crippen LogP) is 5.29. The molecular weight excluding hydrogens is 512 g/mol. The third kappa shape index (κ3) is 6.54. The quantitative estimate of drug-likeness (QED) is 0.367. The average molecular weight is 546 g/mol. The van der Waals surface area contributed by atoms with E-state index in [4.69, 9.17) is 0 Å². The summed E-state index contributed by atoms with van der Waals surface area (Å²) >= 11 is 0. The van der Waals surface area contributed by atoms with Crippen LogP contribution in [0.15, 0.2) is 36.7 Å². The van der Waals surface area contributed by atoms with E-state index in [1.165, 1.54) is 18.2 Å². The first kappa shape index (κ1) is 27.6. The second-order valence-electron chi connectivity index (χ2n) is 10.6. The molecule has 3 N–H and O–H groups in total. The number of aryl methyl sites for hydroxylation is 1. The van der Waals surface area contributed by atoms with Gasteiger partial charge in [0.1, 0.15) is 23.3 Å². The minimum Gasteiger partial charge on any atom is -0.340 e. The van der Waals surface area contributed by atoms with Crippen molar-refractivity contribution < 1.29 is 17.2 Å². The summed E-state index contributed by atoms with van der Waals surface area (Å²) in [6.45, 7) is 8.27. The smallest absolute Gasteiger partial charge is 0.237 e. The van der Waals surface area contributed by atoms with Crippen molar-refractivity contribution in [2.24, 2.45) is 0 Å². The van der Waals surface area contributed by atoms with Gasteiger partial charge in [-0.25, -0.2) is 27.2 Å². The van der Waals surface area contributed by atoms with E-state index in [9.17, 15) is 17.2 Å². The molecule has 204 valence electrons. The maximum atomic E-state index is 14.9. The summed E-state index contributed by atoms with van der Waals surface area (Å²) in [5.74, 6) is -0.0198. The van der Waals surface area contributed by atoms with Crippen molar-refractivity contribution in [3.8, 4) is 0 Å². The molecule has 0 unspecified atom stereocenters. The molecule has 3 heterocycles. The van der Waals surface area contributed by atoms with Crippen LogP contribution in [0, 0.1) is 18.6 Å². The number of hydrogen-bond donors (Lipinski definition) is 3. The standard InChI is InChI=1S/C26H33F2N7O2S/c1-16-14-30-25(32-23-13-22(28)21(15-29-23)17-6-8-35(5)9-7-17)33-24(16)31-19-10-18(27)11-20(12-19)34-38(36,37)26(2,3)4/h10-15,17,34H,6-9H2,1-5H3,(H2,29,30,31,32,33). The van der Waals surface area contributed by atoms with Crippen LogP contribution < -0.4 is 15.4 Å². The Balaban J connectivity index is 1.51. The van der Waals surface area contributed by atoms with Gasteiger partial charge in [0, 0.05) is 35.3 Å². The molecule has 2 aromatic heterocycles. The van der Waals surface area contributed by atoms with Crippen LogP contribution in [0.5, 0.6) is 0 Å². The molecule has 0 radical (unpaired) electrons. The molecule has 0 amide bonds. The number of halogens is 2. The predicted molar refractivity (Wildman–Crippen MR) is 146 cm³/mol. The zero-order valence-corrected chi connectivity index (χ0v) is 23.0. The summed E-state index contributed by atoms with van der Waals surface area (Å²) in [6.07, 6.45) is 4.90. The lowest BCUT2D eigenvalue weighted by Crippen LogP contribution is -2.33. The number of rotatable bonds is 7. The summed E-state index contributed by atoms with van der Waals surface area (Å²) in [6, 6.07) is 5.13. The lowest BCUT2D eigenvalue weighted by Gasteiger charge is -2.29. The Hall–Kier alpha value is -3.38. The normalized spacial score (nSPS) is 15.3. The molecule has 0 spiro atoms. The molecule has 3 aromatic rings. The Bertz CT molecular complexity index is 1420. The highest BCUT2D eigenvalue weighted by atomic mass is 32.2. The number of piperidine rings is 1. The highest BCUT2D eigenvalue weighted by Gasteiger charge is 2.29. The summed E-state index contributed by atoms with van der Waals surface area (Å²) in [4.78, 5) is 15.3. The van der Waals surface area contributed by atoms with Crippen molar-refractivity contribution in [2.75, 3.05) is 35.5 Å². The summed E-state index contributed by atoms with van der Waals surface area (Å²) in [5.41, 5.74) is 1.64. The topological polar surface area (TPSA) is 112 Å². The lowest BCUT2D eigenvalue weighted by molar-refractivity contribution is 0.253. The monoisotopic (exact) mass is 545 g/mol. The van der Waals surface area contributed by atoms with Crippen LogP contribution in [0.1, 0.15) is 50.7 Å². The molecule has 1 fully saturated rings. The van der Waals surface area contributed by atoms with Gasteiger partial charge in [0.25, 0.3) is 0 Å². The molecule has 0 saturated carbocycles. The number of nitrogens with zero attached hydrogens (tertiary/aromatic N) is 4. The van der Waals surface area contributed by atoms with E-state index in [0.717, 1.165) is 32.0 Å². The molecular formula is C26H33F2N7O2S. The number of hydrogen-bond acceptors (Lipinski definition) is 8. The van der Waals surface area contributed by atoms with Crippen molar-refractivity contribution in [1.82, 2.24) is 19.9 Å². The van der Waals surface area contributed by atoms with Gasteiger partial charge in [0.05, 0.1) is 10.4 Å². The average Bonchev–Trinajstić information content (AvgIpc) is 2.81. The fourth-order valence-electron chi connectivity index (χ4n) is 4.04. The number of nitrogens with one attached hydrogen (secondary N) is 3. The molecule has 0 bridgehead atoms. The molecule has 0 aliphatic carbocycles. The maximum absolute atomic E-state index is 14.9. The first-order chi connectivity index (χ1) is 17.8. The first-order valence-corrected chi connectivity index (χ1v) is 13.8. The minimum absolute atomic E-state index is 0.0804. The molecule has 1 saturated heterocycles. The Morgan fingerprint density at radius 3 is 2.32 bits per heavy atom. The van der Waals surface area contributed by atoms with Crippen LogP contribution in [0.2, 0.25) is 0 Å². The van der Waals surface area contributed by atoms with Crippen LogP contribution in [-0.2, 0) is 10.0 Å². The van der Waals surface area contributed by atoms with Gasteiger partial charge in [-0.1, -0.05) is 0 Å². The minimum atomic E-state index is -3.74. The number of pyridine rings is 1. The molecule has 12 heteroatoms. The molecule has 38 heavy (non-hydrogen) atoms. The van der Waals surface area contributed by atoms with Gasteiger partial charge in [0.15, 0.2) is 0 Å². The molecule has 1 aliphatic heterocycles. The number of anilines is 5. The van der Waals surface area contributed by atoms with E-state index in [-0.39, 0.29) is 34.9 Å². The zero-order valence-electron chi connectivity index (χ0n) is 22.1. The maximum Gasteiger partial charge on any atom is 0.237 e. The fraction of sp³-hybridized carbons (Fsp3) is 0.423.